The Bertz CT molecular complexity index is 941. The minimum atomic E-state index is -0.523. The van der Waals surface area contributed by atoms with E-state index in [2.05, 4.69) is 20.5 Å². The van der Waals surface area contributed by atoms with Crippen molar-refractivity contribution in [2.75, 3.05) is 13.7 Å². The topological polar surface area (TPSA) is 89.4 Å². The molecule has 172 valence electrons. The van der Waals surface area contributed by atoms with Crippen LogP contribution in [-0.4, -0.2) is 57.5 Å². The van der Waals surface area contributed by atoms with E-state index in [1.54, 1.807) is 10.9 Å². The number of rotatable bonds is 6. The van der Waals surface area contributed by atoms with Gasteiger partial charge in [-0.05, 0) is 30.9 Å². The van der Waals surface area contributed by atoms with E-state index in [1.165, 1.54) is 20.0 Å². The molecule has 2 aliphatic rings. The second-order valence-electron chi connectivity index (χ2n) is 8.70. The maximum atomic E-state index is 13.3. The third-order valence-electron chi connectivity index (χ3n) is 6.50. The van der Waals surface area contributed by atoms with Crippen LogP contribution in [0.1, 0.15) is 67.0 Å². The summed E-state index contributed by atoms with van der Waals surface area (Å²) in [5.41, 5.74) is 1.15. The molecule has 2 heterocycles. The second kappa shape index (κ2) is 10.4. The highest BCUT2D eigenvalue weighted by Gasteiger charge is 2.39. The van der Waals surface area contributed by atoms with E-state index >= 15 is 0 Å². The summed E-state index contributed by atoms with van der Waals surface area (Å²) in [4.78, 5) is 27.3. The monoisotopic (exact) mass is 459 g/mol. The smallest absolute Gasteiger partial charge is 0.360 e. The molecule has 1 aliphatic carbocycles. The van der Waals surface area contributed by atoms with Crippen LogP contribution >= 0.6 is 11.6 Å². The lowest BCUT2D eigenvalue weighted by Gasteiger charge is -2.26. The molecule has 1 aliphatic heterocycles. The predicted molar refractivity (Wildman–Crippen MR) is 120 cm³/mol. The number of halogens is 1. The Kier molecular flexibility index (Phi) is 7.42. The molecule has 1 saturated carbocycles. The van der Waals surface area contributed by atoms with Gasteiger partial charge in [0.2, 0.25) is 5.91 Å². The number of carbonyl (C=O) groups is 2. The van der Waals surface area contributed by atoms with Crippen molar-refractivity contribution in [2.24, 2.45) is 0 Å². The van der Waals surface area contributed by atoms with E-state index in [9.17, 15) is 9.59 Å². The average molecular weight is 460 g/mol. The van der Waals surface area contributed by atoms with Gasteiger partial charge in [-0.25, -0.2) is 9.48 Å². The molecule has 2 atom stereocenters. The molecular weight excluding hydrogens is 430 g/mol. The summed E-state index contributed by atoms with van der Waals surface area (Å²) in [5, 5.41) is 12.0. The number of aromatic nitrogens is 3. The lowest BCUT2D eigenvalue weighted by molar-refractivity contribution is -0.126. The molecule has 0 spiro atoms. The zero-order valence-corrected chi connectivity index (χ0v) is 19.1. The fourth-order valence-corrected chi connectivity index (χ4v) is 4.93. The average Bonchev–Trinajstić information content (AvgIpc) is 3.37. The lowest BCUT2D eigenvalue weighted by Crippen LogP contribution is -2.46. The van der Waals surface area contributed by atoms with Crippen molar-refractivity contribution in [3.8, 4) is 0 Å². The van der Waals surface area contributed by atoms with Crippen molar-refractivity contribution < 1.29 is 14.3 Å². The summed E-state index contributed by atoms with van der Waals surface area (Å²) >= 11 is 6.41. The number of hydrogen-bond donors (Lipinski definition) is 1. The molecule has 1 N–H and O–H groups in total. The summed E-state index contributed by atoms with van der Waals surface area (Å²) in [6.45, 7) is 1.18. The van der Waals surface area contributed by atoms with E-state index in [0.717, 1.165) is 31.2 Å². The van der Waals surface area contributed by atoms with Crippen LogP contribution in [-0.2, 0) is 16.1 Å². The number of carbonyl (C=O) groups excluding carboxylic acids is 2. The van der Waals surface area contributed by atoms with Crippen LogP contribution in [0.3, 0.4) is 0 Å². The maximum absolute atomic E-state index is 13.3. The van der Waals surface area contributed by atoms with Gasteiger partial charge in [0.05, 0.1) is 25.4 Å². The van der Waals surface area contributed by atoms with Crippen LogP contribution < -0.4 is 5.32 Å². The van der Waals surface area contributed by atoms with Gasteiger partial charge in [0.1, 0.15) is 0 Å². The lowest BCUT2D eigenvalue weighted by atomic mass is 10.1. The molecule has 2 aromatic rings. The maximum Gasteiger partial charge on any atom is 0.360 e. The molecule has 0 radical (unpaired) electrons. The number of nitrogens with one attached hydrogen (secondary N) is 1. The Morgan fingerprint density at radius 1 is 1.19 bits per heavy atom. The standard InChI is InChI=1S/C23H30ClN5O3/c1-32-23(31)20-15-29(27-26-20)18-12-21(22(30)25-17-9-4-2-3-5-10-17)28(14-18)13-16-8-6-7-11-19(16)24/h6-8,11,15,17-18,21H,2-5,9-10,12-14H2,1H3,(H,25,30)/t18-,21+/m1/s1. The molecule has 8 nitrogen and oxygen atoms in total. The first kappa shape index (κ1) is 22.7. The van der Waals surface area contributed by atoms with Gasteiger partial charge in [0, 0.05) is 24.2 Å². The predicted octanol–water partition coefficient (Wildman–Crippen LogP) is 3.37. The fourth-order valence-electron chi connectivity index (χ4n) is 4.74. The Hall–Kier alpha value is -2.45. The molecule has 1 amide bonds. The highest BCUT2D eigenvalue weighted by molar-refractivity contribution is 6.31. The largest absolute Gasteiger partial charge is 0.464 e. The number of methoxy groups -OCH3 is 1. The van der Waals surface area contributed by atoms with E-state index in [0.29, 0.717) is 24.5 Å². The van der Waals surface area contributed by atoms with Crippen molar-refractivity contribution in [2.45, 2.75) is 69.6 Å². The number of benzene rings is 1. The second-order valence-corrected chi connectivity index (χ2v) is 9.11. The molecule has 9 heteroatoms. The van der Waals surface area contributed by atoms with Crippen molar-refractivity contribution in [3.05, 3.63) is 46.7 Å². The van der Waals surface area contributed by atoms with E-state index in [-0.39, 0.29) is 29.7 Å². The Morgan fingerprint density at radius 3 is 2.66 bits per heavy atom. The van der Waals surface area contributed by atoms with Crippen LogP contribution in [0.2, 0.25) is 5.02 Å². The van der Waals surface area contributed by atoms with Gasteiger partial charge >= 0.3 is 5.97 Å². The first-order valence-corrected chi connectivity index (χ1v) is 11.7. The number of hydrogen-bond acceptors (Lipinski definition) is 6. The minimum Gasteiger partial charge on any atom is -0.464 e. The van der Waals surface area contributed by atoms with Crippen molar-refractivity contribution in [3.63, 3.8) is 0 Å². The van der Waals surface area contributed by atoms with Crippen molar-refractivity contribution in [1.82, 2.24) is 25.2 Å². The van der Waals surface area contributed by atoms with E-state index in [4.69, 9.17) is 16.3 Å². The molecule has 2 fully saturated rings. The molecule has 1 saturated heterocycles. The van der Waals surface area contributed by atoms with Gasteiger partial charge in [-0.2, -0.15) is 0 Å². The Labute approximate surface area is 193 Å². The molecule has 4 rings (SSSR count). The van der Waals surface area contributed by atoms with E-state index < -0.39 is 5.97 Å². The van der Waals surface area contributed by atoms with E-state index in [1.807, 2.05) is 24.3 Å². The Balaban J connectivity index is 1.51. The molecular formula is C23H30ClN5O3. The molecule has 1 aromatic heterocycles. The summed E-state index contributed by atoms with van der Waals surface area (Å²) in [6, 6.07) is 7.57. The first-order valence-electron chi connectivity index (χ1n) is 11.3. The Morgan fingerprint density at radius 2 is 1.94 bits per heavy atom. The van der Waals surface area contributed by atoms with Crippen LogP contribution in [0.25, 0.3) is 0 Å². The van der Waals surface area contributed by atoms with Crippen molar-refractivity contribution in [1.29, 1.82) is 0 Å². The van der Waals surface area contributed by atoms with Gasteiger partial charge in [0.15, 0.2) is 5.69 Å². The fraction of sp³-hybridized carbons (Fsp3) is 0.565. The van der Waals surface area contributed by atoms with Crippen LogP contribution in [0.15, 0.2) is 30.5 Å². The molecule has 0 bridgehead atoms. The van der Waals surface area contributed by atoms with Crippen LogP contribution in [0.4, 0.5) is 0 Å². The summed E-state index contributed by atoms with van der Waals surface area (Å²) in [7, 11) is 1.32. The minimum absolute atomic E-state index is 0.0553. The van der Waals surface area contributed by atoms with Gasteiger partial charge in [-0.1, -0.05) is 60.7 Å². The van der Waals surface area contributed by atoms with Crippen LogP contribution in [0.5, 0.6) is 0 Å². The number of nitrogens with zero attached hydrogens (tertiary/aromatic N) is 4. The van der Waals surface area contributed by atoms with Gasteiger partial charge in [0.25, 0.3) is 0 Å². The molecule has 1 aromatic carbocycles. The summed E-state index contributed by atoms with van der Waals surface area (Å²) < 4.78 is 6.41. The number of ether oxygens (including phenoxy) is 1. The quantitative estimate of drug-likeness (QED) is 0.526. The zero-order chi connectivity index (χ0) is 22.5. The van der Waals surface area contributed by atoms with Gasteiger partial charge in [-0.15, -0.1) is 5.10 Å². The first-order chi connectivity index (χ1) is 15.5. The van der Waals surface area contributed by atoms with Crippen molar-refractivity contribution >= 4 is 23.5 Å². The highest BCUT2D eigenvalue weighted by atomic mass is 35.5. The number of likely N-dealkylation sites (tertiary alicyclic amines) is 1. The molecule has 32 heavy (non-hydrogen) atoms. The summed E-state index contributed by atoms with van der Waals surface area (Å²) in [5.74, 6) is -0.468. The third kappa shape index (κ3) is 5.30. The van der Waals surface area contributed by atoms with Gasteiger partial charge < -0.3 is 10.1 Å². The normalized spacial score (nSPS) is 22.4. The van der Waals surface area contributed by atoms with Crippen LogP contribution in [0, 0.1) is 0 Å². The molecule has 0 unspecified atom stereocenters. The third-order valence-corrected chi connectivity index (χ3v) is 6.86. The zero-order valence-electron chi connectivity index (χ0n) is 18.4. The number of amides is 1. The summed E-state index contributed by atoms with van der Waals surface area (Å²) in [6.07, 6.45) is 9.07. The van der Waals surface area contributed by atoms with Gasteiger partial charge in [-0.3, -0.25) is 9.69 Å². The SMILES string of the molecule is COC(=O)c1cn([C@@H]2C[C@@H](C(=O)NC3CCCCCC3)N(Cc3ccccc3Cl)C2)nn1. The highest BCUT2D eigenvalue weighted by Crippen LogP contribution is 2.30. The number of esters is 1.